The third-order valence-electron chi connectivity index (χ3n) is 2.52. The molecule has 1 nitrogen and oxygen atoms in total. The lowest BCUT2D eigenvalue weighted by Gasteiger charge is -2.25. The van der Waals surface area contributed by atoms with E-state index in [1.54, 1.807) is 0 Å². The first kappa shape index (κ1) is 8.55. The number of carbonyl (C=O) groups excluding carboxylic acids is 1. The highest BCUT2D eigenvalue weighted by Crippen LogP contribution is 2.32. The Morgan fingerprint density at radius 2 is 2.27 bits per heavy atom. The van der Waals surface area contributed by atoms with Crippen LogP contribution in [-0.2, 0) is 4.79 Å². The topological polar surface area (TPSA) is 17.1 Å². The lowest BCUT2D eigenvalue weighted by molar-refractivity contribution is 0.396. The molecule has 1 aliphatic carbocycles. The first-order valence-corrected chi connectivity index (χ1v) is 4.31. The number of hydrogen-bond acceptors (Lipinski definition) is 1. The van der Waals surface area contributed by atoms with Crippen LogP contribution in [0.2, 0.25) is 0 Å². The maximum absolute atomic E-state index is 10.5. The van der Waals surface area contributed by atoms with Gasteiger partial charge in [0.2, 0.25) is 0 Å². The lowest BCUT2D eigenvalue weighted by Crippen LogP contribution is -2.15. The molecule has 0 saturated heterocycles. The summed E-state index contributed by atoms with van der Waals surface area (Å²) in [7, 11) is 0. The zero-order chi connectivity index (χ0) is 8.27. The van der Waals surface area contributed by atoms with Crippen LogP contribution in [0.15, 0.2) is 5.57 Å². The van der Waals surface area contributed by atoms with Crippen LogP contribution in [0.1, 0.15) is 33.1 Å². The van der Waals surface area contributed by atoms with Crippen LogP contribution in [0.3, 0.4) is 0 Å². The molecule has 1 fully saturated rings. The van der Waals surface area contributed by atoms with Gasteiger partial charge in [-0.3, -0.25) is 0 Å². The van der Waals surface area contributed by atoms with E-state index in [1.807, 2.05) is 6.92 Å². The Bertz CT molecular complexity index is 177. The quantitative estimate of drug-likeness (QED) is 0.526. The number of allylic oxidation sites excluding steroid dienone is 1. The summed E-state index contributed by atoms with van der Waals surface area (Å²) in [6.45, 7) is 4.22. The fourth-order valence-corrected chi connectivity index (χ4v) is 1.75. The molecule has 0 aliphatic heterocycles. The fraction of sp³-hybridized carbons (Fsp3) is 0.700. The Hall–Kier alpha value is -0.550. The first-order valence-electron chi connectivity index (χ1n) is 4.31. The van der Waals surface area contributed by atoms with Crippen molar-refractivity contribution >= 4 is 5.94 Å². The maximum Gasteiger partial charge on any atom is 0.123 e. The normalized spacial score (nSPS) is 31.6. The molecule has 0 aromatic heterocycles. The summed E-state index contributed by atoms with van der Waals surface area (Å²) in [5, 5.41) is 0. The highest BCUT2D eigenvalue weighted by atomic mass is 16.1. The first-order chi connectivity index (χ1) is 5.27. The molecule has 11 heavy (non-hydrogen) atoms. The molecule has 1 rings (SSSR count). The fourth-order valence-electron chi connectivity index (χ4n) is 1.75. The van der Waals surface area contributed by atoms with Crippen LogP contribution in [0.5, 0.6) is 0 Å². The Morgan fingerprint density at radius 1 is 1.55 bits per heavy atom. The van der Waals surface area contributed by atoms with Gasteiger partial charge >= 0.3 is 0 Å². The Morgan fingerprint density at radius 3 is 2.82 bits per heavy atom. The smallest absolute Gasteiger partial charge is 0.123 e. The highest BCUT2D eigenvalue weighted by molar-refractivity contribution is 5.54. The molecule has 1 heteroatoms. The van der Waals surface area contributed by atoms with Crippen molar-refractivity contribution in [2.75, 3.05) is 0 Å². The van der Waals surface area contributed by atoms with E-state index in [0.717, 1.165) is 18.4 Å². The van der Waals surface area contributed by atoms with E-state index < -0.39 is 0 Å². The van der Waals surface area contributed by atoms with Crippen LogP contribution in [-0.4, -0.2) is 5.94 Å². The van der Waals surface area contributed by atoms with Gasteiger partial charge in [0.05, 0.1) is 0 Å². The SMILES string of the molecule is C[CH]C1CCC(C)CC1=C=O. The average molecular weight is 151 g/mol. The third-order valence-corrected chi connectivity index (χ3v) is 2.52. The Balaban J connectivity index is 2.63. The molecule has 0 aromatic carbocycles. The molecule has 0 amide bonds. The minimum absolute atomic E-state index is 0.420. The van der Waals surface area contributed by atoms with E-state index in [-0.39, 0.29) is 0 Å². The molecular formula is C10H15O. The average Bonchev–Trinajstić information content (AvgIpc) is 2.04. The molecule has 1 saturated carbocycles. The van der Waals surface area contributed by atoms with E-state index in [1.165, 1.54) is 6.42 Å². The lowest BCUT2D eigenvalue weighted by atomic mass is 9.78. The van der Waals surface area contributed by atoms with Crippen molar-refractivity contribution in [3.8, 4) is 0 Å². The number of rotatable bonds is 1. The zero-order valence-electron chi connectivity index (χ0n) is 7.26. The molecule has 1 radical (unpaired) electrons. The zero-order valence-corrected chi connectivity index (χ0v) is 7.26. The van der Waals surface area contributed by atoms with Gasteiger partial charge in [-0.05, 0) is 37.5 Å². The maximum atomic E-state index is 10.5. The molecule has 0 aromatic rings. The summed E-state index contributed by atoms with van der Waals surface area (Å²) in [4.78, 5) is 10.5. The summed E-state index contributed by atoms with van der Waals surface area (Å²) in [5.74, 6) is 3.17. The summed E-state index contributed by atoms with van der Waals surface area (Å²) in [5.41, 5.74) is 0.978. The monoisotopic (exact) mass is 151 g/mol. The molecule has 0 spiro atoms. The summed E-state index contributed by atoms with van der Waals surface area (Å²) >= 11 is 0. The van der Waals surface area contributed by atoms with Crippen LogP contribution >= 0.6 is 0 Å². The second-order valence-corrected chi connectivity index (χ2v) is 3.45. The van der Waals surface area contributed by atoms with E-state index in [0.29, 0.717) is 11.8 Å². The van der Waals surface area contributed by atoms with Crippen molar-refractivity contribution < 1.29 is 4.79 Å². The van der Waals surface area contributed by atoms with Crippen molar-refractivity contribution in [1.29, 1.82) is 0 Å². The van der Waals surface area contributed by atoms with Gasteiger partial charge in [-0.1, -0.05) is 13.8 Å². The van der Waals surface area contributed by atoms with Gasteiger partial charge in [-0.2, -0.15) is 0 Å². The molecule has 0 N–H and O–H groups in total. The van der Waals surface area contributed by atoms with Crippen molar-refractivity contribution in [3.63, 3.8) is 0 Å². The van der Waals surface area contributed by atoms with E-state index in [2.05, 4.69) is 19.3 Å². The molecule has 2 atom stereocenters. The predicted octanol–water partition coefficient (Wildman–Crippen LogP) is 2.40. The number of hydrogen-bond donors (Lipinski definition) is 0. The summed E-state index contributed by atoms with van der Waals surface area (Å²) in [6.07, 6.45) is 5.47. The summed E-state index contributed by atoms with van der Waals surface area (Å²) in [6, 6.07) is 0. The van der Waals surface area contributed by atoms with Gasteiger partial charge in [0, 0.05) is 5.57 Å². The van der Waals surface area contributed by atoms with E-state index in [4.69, 9.17) is 0 Å². The van der Waals surface area contributed by atoms with Crippen molar-refractivity contribution in [2.24, 2.45) is 11.8 Å². The van der Waals surface area contributed by atoms with Gasteiger partial charge in [0.15, 0.2) is 0 Å². The third kappa shape index (κ3) is 1.94. The van der Waals surface area contributed by atoms with Gasteiger partial charge in [-0.25, -0.2) is 4.79 Å². The second kappa shape index (κ2) is 3.73. The van der Waals surface area contributed by atoms with Crippen molar-refractivity contribution in [2.45, 2.75) is 33.1 Å². The summed E-state index contributed by atoms with van der Waals surface area (Å²) < 4.78 is 0. The standard InChI is InChI=1S/C10H15O/c1-3-9-5-4-8(2)6-10(9)7-11/h3,8-9H,4-6H2,1-2H3. The molecule has 0 heterocycles. The minimum atomic E-state index is 0.420. The van der Waals surface area contributed by atoms with Gasteiger partial charge in [-0.15, -0.1) is 0 Å². The molecule has 61 valence electrons. The van der Waals surface area contributed by atoms with Crippen molar-refractivity contribution in [3.05, 3.63) is 12.0 Å². The van der Waals surface area contributed by atoms with Crippen LogP contribution < -0.4 is 0 Å². The molecule has 1 aliphatic rings. The van der Waals surface area contributed by atoms with Gasteiger partial charge in [0.25, 0.3) is 0 Å². The van der Waals surface area contributed by atoms with Crippen LogP contribution in [0.4, 0.5) is 0 Å². The molecule has 0 bridgehead atoms. The Kier molecular flexibility index (Phi) is 2.90. The van der Waals surface area contributed by atoms with E-state index >= 15 is 0 Å². The van der Waals surface area contributed by atoms with E-state index in [9.17, 15) is 4.79 Å². The second-order valence-electron chi connectivity index (χ2n) is 3.45. The Labute approximate surface area is 68.5 Å². The van der Waals surface area contributed by atoms with Crippen LogP contribution in [0, 0.1) is 18.3 Å². The van der Waals surface area contributed by atoms with Crippen LogP contribution in [0.25, 0.3) is 0 Å². The van der Waals surface area contributed by atoms with Crippen molar-refractivity contribution in [1.82, 2.24) is 0 Å². The molecular weight excluding hydrogens is 136 g/mol. The minimum Gasteiger partial charge on any atom is -0.234 e. The largest absolute Gasteiger partial charge is 0.234 e. The predicted molar refractivity (Wildman–Crippen MR) is 45.7 cm³/mol. The van der Waals surface area contributed by atoms with Gasteiger partial charge < -0.3 is 0 Å². The molecule has 2 unspecified atom stereocenters. The highest BCUT2D eigenvalue weighted by Gasteiger charge is 2.22. The van der Waals surface area contributed by atoms with Gasteiger partial charge in [0.1, 0.15) is 5.94 Å².